The van der Waals surface area contributed by atoms with E-state index in [-0.39, 0.29) is 0 Å². The van der Waals surface area contributed by atoms with E-state index in [2.05, 4.69) is 37.3 Å². The Labute approximate surface area is 79.1 Å². The van der Waals surface area contributed by atoms with E-state index >= 15 is 0 Å². The van der Waals surface area contributed by atoms with Crippen LogP contribution in [0.15, 0.2) is 12.3 Å². The van der Waals surface area contributed by atoms with E-state index in [1.54, 1.807) is 0 Å². The van der Waals surface area contributed by atoms with E-state index in [0.717, 1.165) is 13.1 Å². The number of hydrogen-bond acceptors (Lipinski definition) is 2. The van der Waals surface area contributed by atoms with Gasteiger partial charge in [0.1, 0.15) is 0 Å². The molecule has 1 atom stereocenters. The summed E-state index contributed by atoms with van der Waals surface area (Å²) in [5.74, 6) is 0. The second-order valence-electron chi connectivity index (χ2n) is 4.81. The number of hydrogen-bond donors (Lipinski definition) is 1. The molecule has 0 amide bonds. The van der Waals surface area contributed by atoms with Crippen molar-refractivity contribution in [3.8, 4) is 0 Å². The van der Waals surface area contributed by atoms with Gasteiger partial charge in [0.2, 0.25) is 0 Å². The molecule has 0 saturated carbocycles. The molecule has 2 rings (SSSR count). The van der Waals surface area contributed by atoms with Crippen LogP contribution in [0.1, 0.15) is 26.5 Å². The molecule has 1 aliphatic rings. The SMILES string of the molecule is CC(C)(C)C1Cc2ccnn2CN1. The molecule has 1 aromatic rings. The first-order valence-electron chi connectivity index (χ1n) is 4.81. The molecule has 0 spiro atoms. The van der Waals surface area contributed by atoms with Gasteiger partial charge < -0.3 is 0 Å². The summed E-state index contributed by atoms with van der Waals surface area (Å²) >= 11 is 0. The van der Waals surface area contributed by atoms with Crippen molar-refractivity contribution >= 4 is 0 Å². The van der Waals surface area contributed by atoms with Gasteiger partial charge in [-0.3, -0.25) is 10.00 Å². The van der Waals surface area contributed by atoms with Crippen LogP contribution < -0.4 is 5.32 Å². The molecular formula is C10H17N3. The topological polar surface area (TPSA) is 29.9 Å². The van der Waals surface area contributed by atoms with Gasteiger partial charge in [-0.2, -0.15) is 5.10 Å². The predicted octanol–water partition coefficient (Wildman–Crippen LogP) is 1.40. The summed E-state index contributed by atoms with van der Waals surface area (Å²) in [6.45, 7) is 7.67. The fraction of sp³-hybridized carbons (Fsp3) is 0.700. The highest BCUT2D eigenvalue weighted by Crippen LogP contribution is 2.24. The third-order valence-corrected chi connectivity index (χ3v) is 2.75. The lowest BCUT2D eigenvalue weighted by molar-refractivity contribution is 0.220. The number of rotatable bonds is 0. The predicted molar refractivity (Wildman–Crippen MR) is 52.3 cm³/mol. The highest BCUT2D eigenvalue weighted by molar-refractivity contribution is 5.06. The number of fused-ring (bicyclic) bond motifs is 1. The van der Waals surface area contributed by atoms with Crippen molar-refractivity contribution < 1.29 is 0 Å². The van der Waals surface area contributed by atoms with Crippen LogP contribution in [0.2, 0.25) is 0 Å². The van der Waals surface area contributed by atoms with Crippen molar-refractivity contribution in [1.29, 1.82) is 0 Å². The standard InChI is InChI=1S/C10H17N3/c1-10(2,3)9-6-8-4-5-12-13(8)7-11-9/h4-5,9,11H,6-7H2,1-3H3. The second kappa shape index (κ2) is 2.84. The van der Waals surface area contributed by atoms with Gasteiger partial charge in [-0.25, -0.2) is 0 Å². The molecule has 0 fully saturated rings. The van der Waals surface area contributed by atoms with E-state index in [1.807, 2.05) is 10.9 Å². The van der Waals surface area contributed by atoms with Crippen LogP contribution in [0.25, 0.3) is 0 Å². The van der Waals surface area contributed by atoms with Crippen LogP contribution >= 0.6 is 0 Å². The van der Waals surface area contributed by atoms with Crippen LogP contribution in [0, 0.1) is 5.41 Å². The van der Waals surface area contributed by atoms with Gasteiger partial charge in [0.15, 0.2) is 0 Å². The molecule has 0 bridgehead atoms. The minimum absolute atomic E-state index is 0.329. The molecular weight excluding hydrogens is 162 g/mol. The summed E-state index contributed by atoms with van der Waals surface area (Å²) in [4.78, 5) is 0. The second-order valence-corrected chi connectivity index (χ2v) is 4.81. The summed E-state index contributed by atoms with van der Waals surface area (Å²) in [5.41, 5.74) is 1.67. The monoisotopic (exact) mass is 179 g/mol. The average molecular weight is 179 g/mol. The number of nitrogens with zero attached hydrogens (tertiary/aromatic N) is 2. The fourth-order valence-corrected chi connectivity index (χ4v) is 1.77. The van der Waals surface area contributed by atoms with Crippen molar-refractivity contribution in [2.75, 3.05) is 0 Å². The normalized spacial score (nSPS) is 22.8. The van der Waals surface area contributed by atoms with Gasteiger partial charge in [0.05, 0.1) is 6.67 Å². The van der Waals surface area contributed by atoms with E-state index in [1.165, 1.54) is 5.69 Å². The Morgan fingerprint density at radius 3 is 3.00 bits per heavy atom. The van der Waals surface area contributed by atoms with Crippen LogP contribution in [-0.4, -0.2) is 15.8 Å². The van der Waals surface area contributed by atoms with Crippen molar-refractivity contribution in [3.05, 3.63) is 18.0 Å². The van der Waals surface area contributed by atoms with Crippen LogP contribution in [0.5, 0.6) is 0 Å². The maximum Gasteiger partial charge on any atom is 0.0909 e. The third kappa shape index (κ3) is 1.61. The van der Waals surface area contributed by atoms with Gasteiger partial charge in [-0.05, 0) is 11.5 Å². The molecule has 0 aliphatic carbocycles. The molecule has 2 heterocycles. The van der Waals surface area contributed by atoms with E-state index in [4.69, 9.17) is 0 Å². The summed E-state index contributed by atoms with van der Waals surface area (Å²) in [6, 6.07) is 2.68. The van der Waals surface area contributed by atoms with E-state index in [9.17, 15) is 0 Å². The maximum absolute atomic E-state index is 4.23. The smallest absolute Gasteiger partial charge is 0.0909 e. The lowest BCUT2D eigenvalue weighted by Gasteiger charge is -2.35. The zero-order valence-electron chi connectivity index (χ0n) is 8.54. The van der Waals surface area contributed by atoms with Crippen molar-refractivity contribution in [2.24, 2.45) is 5.41 Å². The Hall–Kier alpha value is -0.830. The summed E-state index contributed by atoms with van der Waals surface area (Å²) in [5, 5.41) is 7.73. The molecule has 13 heavy (non-hydrogen) atoms. The van der Waals surface area contributed by atoms with Gasteiger partial charge in [0, 0.05) is 24.4 Å². The number of nitrogens with one attached hydrogen (secondary N) is 1. The van der Waals surface area contributed by atoms with Crippen molar-refractivity contribution in [1.82, 2.24) is 15.1 Å². The first kappa shape index (κ1) is 8.75. The largest absolute Gasteiger partial charge is 0.295 e. The molecule has 0 radical (unpaired) electrons. The lowest BCUT2D eigenvalue weighted by Crippen LogP contribution is -2.46. The first-order chi connectivity index (χ1) is 6.07. The average Bonchev–Trinajstić information content (AvgIpc) is 2.47. The first-order valence-corrected chi connectivity index (χ1v) is 4.81. The highest BCUT2D eigenvalue weighted by Gasteiger charge is 2.28. The fourth-order valence-electron chi connectivity index (χ4n) is 1.77. The van der Waals surface area contributed by atoms with E-state index in [0.29, 0.717) is 11.5 Å². The van der Waals surface area contributed by atoms with Crippen molar-refractivity contribution in [2.45, 2.75) is 39.9 Å². The Bertz CT molecular complexity index is 295. The number of aromatic nitrogens is 2. The molecule has 1 N–H and O–H groups in total. The Morgan fingerprint density at radius 1 is 1.54 bits per heavy atom. The molecule has 0 saturated heterocycles. The minimum atomic E-state index is 0.329. The zero-order chi connectivity index (χ0) is 9.47. The molecule has 1 unspecified atom stereocenters. The van der Waals surface area contributed by atoms with Gasteiger partial charge in [0.25, 0.3) is 0 Å². The Morgan fingerprint density at radius 2 is 2.31 bits per heavy atom. The summed E-state index contributed by atoms with van der Waals surface area (Å²) in [7, 11) is 0. The molecule has 1 aromatic heterocycles. The zero-order valence-corrected chi connectivity index (χ0v) is 8.54. The third-order valence-electron chi connectivity index (χ3n) is 2.75. The Kier molecular flexibility index (Phi) is 1.91. The van der Waals surface area contributed by atoms with Crippen LogP contribution in [-0.2, 0) is 13.1 Å². The van der Waals surface area contributed by atoms with Gasteiger partial charge in [-0.1, -0.05) is 20.8 Å². The Balaban J connectivity index is 2.18. The lowest BCUT2D eigenvalue weighted by atomic mass is 9.83. The molecule has 72 valence electrons. The van der Waals surface area contributed by atoms with Crippen LogP contribution in [0.4, 0.5) is 0 Å². The molecule has 0 aromatic carbocycles. The molecule has 3 nitrogen and oxygen atoms in total. The quantitative estimate of drug-likeness (QED) is 0.652. The van der Waals surface area contributed by atoms with Gasteiger partial charge >= 0.3 is 0 Å². The van der Waals surface area contributed by atoms with Gasteiger partial charge in [-0.15, -0.1) is 0 Å². The summed E-state index contributed by atoms with van der Waals surface area (Å²) in [6.07, 6.45) is 2.96. The molecule has 1 aliphatic heterocycles. The minimum Gasteiger partial charge on any atom is -0.295 e. The highest BCUT2D eigenvalue weighted by atomic mass is 15.3. The van der Waals surface area contributed by atoms with Crippen LogP contribution in [0.3, 0.4) is 0 Å². The molecule has 3 heteroatoms. The van der Waals surface area contributed by atoms with E-state index < -0.39 is 0 Å². The summed E-state index contributed by atoms with van der Waals surface area (Å²) < 4.78 is 2.03. The maximum atomic E-state index is 4.23. The van der Waals surface area contributed by atoms with Crippen molar-refractivity contribution in [3.63, 3.8) is 0 Å².